The molecule has 2 heteroatoms. The molecule has 16 heavy (non-hydrogen) atoms. The molecule has 0 atom stereocenters. The van der Waals surface area contributed by atoms with Crippen molar-refractivity contribution < 1.29 is 9.52 Å². The summed E-state index contributed by atoms with van der Waals surface area (Å²) < 4.78 is 5.80. The first kappa shape index (κ1) is 9.91. The average molecular weight is 216 g/mol. The molecule has 0 bridgehead atoms. The summed E-state index contributed by atoms with van der Waals surface area (Å²) in [6.07, 6.45) is 1.62. The molecule has 2 aromatic rings. The molecule has 1 aromatic carbocycles. The van der Waals surface area contributed by atoms with Gasteiger partial charge in [0.15, 0.2) is 0 Å². The summed E-state index contributed by atoms with van der Waals surface area (Å²) in [7, 11) is 0. The Hall–Kier alpha value is -1.28. The van der Waals surface area contributed by atoms with Crippen molar-refractivity contribution in [2.24, 2.45) is 5.92 Å². The third kappa shape index (κ3) is 1.30. The summed E-state index contributed by atoms with van der Waals surface area (Å²) in [4.78, 5) is 0. The number of aliphatic hydroxyl groups is 1. The van der Waals surface area contributed by atoms with Gasteiger partial charge in [-0.25, -0.2) is 0 Å². The van der Waals surface area contributed by atoms with Crippen molar-refractivity contribution in [2.45, 2.75) is 32.3 Å². The van der Waals surface area contributed by atoms with E-state index in [-0.39, 0.29) is 0 Å². The van der Waals surface area contributed by atoms with Crippen LogP contribution in [0.4, 0.5) is 0 Å². The van der Waals surface area contributed by atoms with Crippen LogP contribution in [-0.2, 0) is 5.60 Å². The Morgan fingerprint density at radius 1 is 1.38 bits per heavy atom. The predicted molar refractivity (Wildman–Crippen MR) is 63.2 cm³/mol. The van der Waals surface area contributed by atoms with Gasteiger partial charge < -0.3 is 9.52 Å². The maximum atomic E-state index is 10.3. The molecule has 84 valence electrons. The largest absolute Gasteiger partial charge is 0.458 e. The van der Waals surface area contributed by atoms with Crippen molar-refractivity contribution in [3.8, 4) is 0 Å². The van der Waals surface area contributed by atoms with Crippen LogP contribution in [0.5, 0.6) is 0 Å². The Morgan fingerprint density at radius 2 is 2.12 bits per heavy atom. The SMILES string of the molecule is Cc1cccc2cc(C3(O)CC(C)C3)oc12. The van der Waals surface area contributed by atoms with Gasteiger partial charge in [0.1, 0.15) is 16.9 Å². The molecule has 0 saturated heterocycles. The van der Waals surface area contributed by atoms with E-state index in [9.17, 15) is 5.11 Å². The third-order valence-corrected chi connectivity index (χ3v) is 3.57. The molecule has 1 fully saturated rings. The average Bonchev–Trinajstić information content (AvgIpc) is 2.61. The predicted octanol–water partition coefficient (Wildman–Crippen LogP) is 3.36. The van der Waals surface area contributed by atoms with Gasteiger partial charge in [0.25, 0.3) is 0 Å². The molecule has 2 nitrogen and oxygen atoms in total. The summed E-state index contributed by atoms with van der Waals surface area (Å²) in [6, 6.07) is 8.06. The Bertz CT molecular complexity index is 533. The van der Waals surface area contributed by atoms with Gasteiger partial charge in [-0.05, 0) is 37.3 Å². The second-order valence-corrected chi connectivity index (χ2v) is 5.15. The molecule has 1 aromatic heterocycles. The minimum absolute atomic E-state index is 0.597. The number of rotatable bonds is 1. The highest BCUT2D eigenvalue weighted by molar-refractivity contribution is 5.81. The summed E-state index contributed by atoms with van der Waals surface area (Å²) in [5.74, 6) is 1.33. The molecular weight excluding hydrogens is 200 g/mol. The fraction of sp³-hybridized carbons (Fsp3) is 0.429. The molecule has 1 aliphatic carbocycles. The first-order valence-electron chi connectivity index (χ1n) is 5.80. The number of hydrogen-bond donors (Lipinski definition) is 1. The van der Waals surface area contributed by atoms with Crippen LogP contribution < -0.4 is 0 Å². The monoisotopic (exact) mass is 216 g/mol. The molecule has 1 heterocycles. The lowest BCUT2D eigenvalue weighted by atomic mass is 9.70. The number of benzene rings is 1. The van der Waals surface area contributed by atoms with E-state index in [1.807, 2.05) is 31.2 Å². The molecule has 1 saturated carbocycles. The van der Waals surface area contributed by atoms with Crippen LogP contribution in [0.15, 0.2) is 28.7 Å². The van der Waals surface area contributed by atoms with E-state index >= 15 is 0 Å². The molecule has 3 rings (SSSR count). The van der Waals surface area contributed by atoms with Gasteiger partial charge in [0.05, 0.1) is 0 Å². The van der Waals surface area contributed by atoms with Gasteiger partial charge >= 0.3 is 0 Å². The first-order chi connectivity index (χ1) is 7.58. The maximum Gasteiger partial charge on any atom is 0.137 e. The lowest BCUT2D eigenvalue weighted by Gasteiger charge is -2.40. The summed E-state index contributed by atoms with van der Waals surface area (Å²) >= 11 is 0. The highest BCUT2D eigenvalue weighted by atomic mass is 16.4. The fourth-order valence-corrected chi connectivity index (χ4v) is 2.73. The maximum absolute atomic E-state index is 10.3. The van der Waals surface area contributed by atoms with Crippen molar-refractivity contribution >= 4 is 11.0 Å². The van der Waals surface area contributed by atoms with Crippen LogP contribution in [0, 0.1) is 12.8 Å². The van der Waals surface area contributed by atoms with Crippen LogP contribution in [0.2, 0.25) is 0 Å². The van der Waals surface area contributed by atoms with Crippen LogP contribution in [0.25, 0.3) is 11.0 Å². The number of furan rings is 1. The number of aryl methyl sites for hydroxylation is 1. The highest BCUT2D eigenvalue weighted by Gasteiger charge is 2.44. The lowest BCUT2D eigenvalue weighted by Crippen LogP contribution is -2.39. The van der Waals surface area contributed by atoms with Crippen molar-refractivity contribution in [1.82, 2.24) is 0 Å². The van der Waals surface area contributed by atoms with Gasteiger partial charge in [0, 0.05) is 5.39 Å². The molecule has 1 aliphatic rings. The van der Waals surface area contributed by atoms with E-state index in [0.717, 1.165) is 35.1 Å². The van der Waals surface area contributed by atoms with E-state index < -0.39 is 5.60 Å². The third-order valence-electron chi connectivity index (χ3n) is 3.57. The molecular formula is C14H16O2. The van der Waals surface area contributed by atoms with Crippen LogP contribution >= 0.6 is 0 Å². The Labute approximate surface area is 94.9 Å². The zero-order chi connectivity index (χ0) is 11.3. The van der Waals surface area contributed by atoms with Crippen molar-refractivity contribution in [3.63, 3.8) is 0 Å². The van der Waals surface area contributed by atoms with Crippen LogP contribution in [0.3, 0.4) is 0 Å². The second kappa shape index (κ2) is 3.11. The van der Waals surface area contributed by atoms with E-state index in [1.165, 1.54) is 0 Å². The highest BCUT2D eigenvalue weighted by Crippen LogP contribution is 2.46. The quantitative estimate of drug-likeness (QED) is 0.793. The van der Waals surface area contributed by atoms with E-state index in [2.05, 4.69) is 6.92 Å². The van der Waals surface area contributed by atoms with Gasteiger partial charge in [-0.1, -0.05) is 25.1 Å². The lowest BCUT2D eigenvalue weighted by molar-refractivity contribution is -0.0885. The number of hydrogen-bond acceptors (Lipinski definition) is 2. The van der Waals surface area contributed by atoms with Gasteiger partial charge in [-0.3, -0.25) is 0 Å². The number of fused-ring (bicyclic) bond motifs is 1. The van der Waals surface area contributed by atoms with E-state index in [4.69, 9.17) is 4.42 Å². The normalized spacial score (nSPS) is 29.3. The van der Waals surface area contributed by atoms with Crippen molar-refractivity contribution in [2.75, 3.05) is 0 Å². The topological polar surface area (TPSA) is 33.4 Å². The molecule has 0 aliphatic heterocycles. The zero-order valence-corrected chi connectivity index (χ0v) is 9.66. The smallest absolute Gasteiger partial charge is 0.137 e. The molecule has 0 spiro atoms. The Morgan fingerprint density at radius 3 is 2.75 bits per heavy atom. The minimum Gasteiger partial charge on any atom is -0.458 e. The molecule has 0 radical (unpaired) electrons. The van der Waals surface area contributed by atoms with Gasteiger partial charge in [-0.2, -0.15) is 0 Å². The summed E-state index contributed by atoms with van der Waals surface area (Å²) in [5.41, 5.74) is 1.32. The molecule has 1 N–H and O–H groups in total. The van der Waals surface area contributed by atoms with Gasteiger partial charge in [-0.15, -0.1) is 0 Å². The van der Waals surface area contributed by atoms with Crippen molar-refractivity contribution in [3.05, 3.63) is 35.6 Å². The van der Waals surface area contributed by atoms with E-state index in [0.29, 0.717) is 5.92 Å². The summed E-state index contributed by atoms with van der Waals surface area (Å²) in [5, 5.41) is 11.4. The van der Waals surface area contributed by atoms with Gasteiger partial charge in [0.2, 0.25) is 0 Å². The first-order valence-corrected chi connectivity index (χ1v) is 5.80. The van der Waals surface area contributed by atoms with Crippen LogP contribution in [0.1, 0.15) is 31.1 Å². The standard InChI is InChI=1S/C14H16O2/c1-9-7-14(15,8-9)12-6-11-5-3-4-10(2)13(11)16-12/h3-6,9,15H,7-8H2,1-2H3. The Balaban J connectivity index is 2.09. The minimum atomic E-state index is -0.717. The molecule has 0 amide bonds. The van der Waals surface area contributed by atoms with Crippen LogP contribution in [-0.4, -0.2) is 5.11 Å². The molecule has 0 unspecified atom stereocenters. The van der Waals surface area contributed by atoms with Crippen molar-refractivity contribution in [1.29, 1.82) is 0 Å². The zero-order valence-electron chi connectivity index (χ0n) is 9.66. The fourth-order valence-electron chi connectivity index (χ4n) is 2.73. The second-order valence-electron chi connectivity index (χ2n) is 5.15. The van der Waals surface area contributed by atoms with E-state index in [1.54, 1.807) is 0 Å². The number of para-hydroxylation sites is 1. The Kier molecular flexibility index (Phi) is 1.93. The summed E-state index contributed by atoms with van der Waals surface area (Å²) in [6.45, 7) is 4.19.